The molecule has 0 amide bonds. The third kappa shape index (κ3) is 50.1. The summed E-state index contributed by atoms with van der Waals surface area (Å²) in [5.41, 5.74) is 0. The SMILES string of the molecule is CCCCC/C=C\C/C=C\C/C=C\CCCCCCCCC(=O)OC(COC(=O)CCCCCCCCCCC)COP(=O)(O)OCC(CO)OC(=O)CCCCCCC/C=C\C/C=C\CCCCC. The van der Waals surface area contributed by atoms with Crippen molar-refractivity contribution in [3.63, 3.8) is 0 Å². The molecule has 0 aliphatic carbocycles. The van der Waals surface area contributed by atoms with Crippen LogP contribution in [0.3, 0.4) is 0 Å². The third-order valence-electron chi connectivity index (χ3n) is 11.9. The first-order valence-electron chi connectivity index (χ1n) is 28.2. The third-order valence-corrected chi connectivity index (χ3v) is 12.9. The summed E-state index contributed by atoms with van der Waals surface area (Å²) in [6, 6.07) is 0. The Balaban J connectivity index is 4.68. The summed E-state index contributed by atoms with van der Waals surface area (Å²) in [6.45, 7) is 4.54. The molecule has 3 unspecified atom stereocenters. The Morgan fingerprint density at radius 3 is 1.10 bits per heavy atom. The molecule has 0 fully saturated rings. The van der Waals surface area contributed by atoms with E-state index < -0.39 is 57.8 Å². The van der Waals surface area contributed by atoms with Crippen LogP contribution < -0.4 is 0 Å². The normalized spacial score (nSPS) is 13.8. The van der Waals surface area contributed by atoms with Crippen molar-refractivity contribution in [1.29, 1.82) is 0 Å². The maximum atomic E-state index is 12.9. The number of phosphoric acid groups is 1. The minimum absolute atomic E-state index is 0.153. The van der Waals surface area contributed by atoms with Crippen molar-refractivity contribution >= 4 is 25.7 Å². The van der Waals surface area contributed by atoms with E-state index in [0.717, 1.165) is 116 Å². The maximum absolute atomic E-state index is 12.9. The van der Waals surface area contributed by atoms with Gasteiger partial charge in [0.2, 0.25) is 0 Å². The van der Waals surface area contributed by atoms with Gasteiger partial charge in [0.05, 0.1) is 19.8 Å². The molecule has 2 N–H and O–H groups in total. The Bertz CT molecular complexity index is 1410. The summed E-state index contributed by atoms with van der Waals surface area (Å²) < 4.78 is 39.4. The molecule has 0 rings (SSSR count). The lowest BCUT2D eigenvalue weighted by atomic mass is 10.1. The average Bonchev–Trinajstić information content (AvgIpc) is 3.35. The number of esters is 3. The van der Waals surface area contributed by atoms with E-state index in [1.807, 2.05) is 0 Å². The van der Waals surface area contributed by atoms with Gasteiger partial charge in [-0.15, -0.1) is 0 Å². The van der Waals surface area contributed by atoms with Crippen molar-refractivity contribution in [1.82, 2.24) is 0 Å². The van der Waals surface area contributed by atoms with Crippen LogP contribution in [0, 0.1) is 0 Å². The standard InChI is InChI=1S/C58H103O11P/c1-4-7-10-13-16-19-21-23-25-26-27-28-30-32-34-37-40-43-46-49-58(62)69-55(51-65-56(60)47-44-41-38-35-18-15-12-9-6-3)53-67-70(63,64)66-52-54(50-59)68-57(61)48-45-42-39-36-33-31-29-24-22-20-17-14-11-8-5-2/h16-17,19-20,23-25,27-29,54-55,59H,4-15,18,21-22,26,30-53H2,1-3H3,(H,63,64)/b19-16-,20-17-,25-23-,28-27-,29-24-. The van der Waals surface area contributed by atoms with Crippen LogP contribution >= 0.6 is 7.82 Å². The summed E-state index contributed by atoms with van der Waals surface area (Å²) in [4.78, 5) is 48.4. The molecule has 3 atom stereocenters. The first-order chi connectivity index (χ1) is 34.2. The Morgan fingerprint density at radius 1 is 0.400 bits per heavy atom. The minimum Gasteiger partial charge on any atom is -0.462 e. The summed E-state index contributed by atoms with van der Waals surface area (Å²) in [5.74, 6) is -1.49. The molecule has 0 aromatic heterocycles. The van der Waals surface area contributed by atoms with Gasteiger partial charge in [-0.1, -0.05) is 204 Å². The van der Waals surface area contributed by atoms with E-state index in [1.165, 1.54) is 77.0 Å². The van der Waals surface area contributed by atoms with Gasteiger partial charge in [0.15, 0.2) is 6.10 Å². The van der Waals surface area contributed by atoms with E-state index in [9.17, 15) is 28.9 Å². The Morgan fingerprint density at radius 2 is 0.700 bits per heavy atom. The molecule has 0 bridgehead atoms. The highest BCUT2D eigenvalue weighted by Crippen LogP contribution is 2.43. The monoisotopic (exact) mass is 1010 g/mol. The van der Waals surface area contributed by atoms with Crippen LogP contribution in [-0.2, 0) is 42.2 Å². The molecular weight excluding hydrogens is 904 g/mol. The van der Waals surface area contributed by atoms with Gasteiger partial charge in [-0.2, -0.15) is 0 Å². The molecule has 0 aliphatic rings. The van der Waals surface area contributed by atoms with Gasteiger partial charge in [0.25, 0.3) is 0 Å². The number of allylic oxidation sites excluding steroid dienone is 10. The second-order valence-corrected chi connectivity index (χ2v) is 20.2. The molecule has 70 heavy (non-hydrogen) atoms. The number of ether oxygens (including phenoxy) is 3. The average molecular weight is 1010 g/mol. The van der Waals surface area contributed by atoms with Crippen LogP contribution in [-0.4, -0.2) is 66.5 Å². The highest BCUT2D eigenvalue weighted by Gasteiger charge is 2.28. The Hall–Kier alpha value is -2.82. The summed E-state index contributed by atoms with van der Waals surface area (Å²) in [7, 11) is -4.75. The van der Waals surface area contributed by atoms with Crippen molar-refractivity contribution in [3.8, 4) is 0 Å². The molecule has 406 valence electrons. The predicted octanol–water partition coefficient (Wildman–Crippen LogP) is 16.4. The minimum atomic E-state index is -4.75. The van der Waals surface area contributed by atoms with Crippen LogP contribution in [0.1, 0.15) is 252 Å². The van der Waals surface area contributed by atoms with Crippen molar-refractivity contribution in [2.24, 2.45) is 0 Å². The number of hydrogen-bond donors (Lipinski definition) is 2. The summed E-state index contributed by atoms with van der Waals surface area (Å²) in [6.07, 6.45) is 56.1. The van der Waals surface area contributed by atoms with Crippen molar-refractivity contribution in [2.75, 3.05) is 26.4 Å². The van der Waals surface area contributed by atoms with Gasteiger partial charge in [0, 0.05) is 19.3 Å². The molecule has 0 aromatic carbocycles. The molecule has 0 spiro atoms. The second kappa shape index (κ2) is 52.5. The number of aliphatic hydroxyl groups excluding tert-OH is 1. The lowest BCUT2D eigenvalue weighted by Gasteiger charge is -2.21. The fraction of sp³-hybridized carbons (Fsp3) is 0.776. The zero-order chi connectivity index (χ0) is 51.3. The molecular formula is C58H103O11P. The first kappa shape index (κ1) is 67.2. The van der Waals surface area contributed by atoms with Crippen LogP contribution in [0.5, 0.6) is 0 Å². The predicted molar refractivity (Wildman–Crippen MR) is 288 cm³/mol. The van der Waals surface area contributed by atoms with E-state index >= 15 is 0 Å². The molecule has 11 nitrogen and oxygen atoms in total. The van der Waals surface area contributed by atoms with Crippen molar-refractivity contribution < 1.29 is 52.2 Å². The quantitative estimate of drug-likeness (QED) is 0.0197. The van der Waals surface area contributed by atoms with Crippen molar-refractivity contribution in [3.05, 3.63) is 60.8 Å². The van der Waals surface area contributed by atoms with Gasteiger partial charge >= 0.3 is 25.7 Å². The van der Waals surface area contributed by atoms with Gasteiger partial charge in [-0.25, -0.2) is 4.57 Å². The molecule has 0 heterocycles. The van der Waals surface area contributed by atoms with E-state index in [2.05, 4.69) is 81.5 Å². The molecule has 0 saturated heterocycles. The van der Waals surface area contributed by atoms with E-state index in [-0.39, 0.29) is 25.9 Å². The first-order valence-corrected chi connectivity index (χ1v) is 29.7. The van der Waals surface area contributed by atoms with Crippen LogP contribution in [0.4, 0.5) is 0 Å². The van der Waals surface area contributed by atoms with Crippen LogP contribution in [0.2, 0.25) is 0 Å². The van der Waals surface area contributed by atoms with E-state index in [4.69, 9.17) is 23.3 Å². The number of rotatable bonds is 52. The topological polar surface area (TPSA) is 155 Å². The maximum Gasteiger partial charge on any atom is 0.472 e. The molecule has 0 radical (unpaired) electrons. The zero-order valence-electron chi connectivity index (χ0n) is 44.7. The van der Waals surface area contributed by atoms with Crippen LogP contribution in [0.25, 0.3) is 0 Å². The highest BCUT2D eigenvalue weighted by molar-refractivity contribution is 7.47. The smallest absolute Gasteiger partial charge is 0.462 e. The lowest BCUT2D eigenvalue weighted by Crippen LogP contribution is -2.30. The van der Waals surface area contributed by atoms with E-state index in [1.54, 1.807) is 0 Å². The van der Waals surface area contributed by atoms with Gasteiger partial charge in [0.1, 0.15) is 12.7 Å². The van der Waals surface area contributed by atoms with Gasteiger partial charge in [-0.05, 0) is 89.9 Å². The van der Waals surface area contributed by atoms with E-state index in [0.29, 0.717) is 19.3 Å². The number of carbonyl (C=O) groups is 3. The van der Waals surface area contributed by atoms with Crippen molar-refractivity contribution in [2.45, 2.75) is 264 Å². The molecule has 0 aromatic rings. The molecule has 0 aliphatic heterocycles. The largest absolute Gasteiger partial charge is 0.472 e. The highest BCUT2D eigenvalue weighted by atomic mass is 31.2. The number of hydrogen-bond acceptors (Lipinski definition) is 10. The summed E-state index contributed by atoms with van der Waals surface area (Å²) >= 11 is 0. The second-order valence-electron chi connectivity index (χ2n) is 18.7. The summed E-state index contributed by atoms with van der Waals surface area (Å²) in [5, 5.41) is 9.79. The molecule has 0 saturated carbocycles. The Kier molecular flexibility index (Phi) is 50.4. The zero-order valence-corrected chi connectivity index (χ0v) is 45.6. The Labute approximate surface area is 427 Å². The molecule has 12 heteroatoms. The van der Waals surface area contributed by atoms with Gasteiger partial charge in [-0.3, -0.25) is 23.4 Å². The number of aliphatic hydroxyl groups is 1. The fourth-order valence-corrected chi connectivity index (χ4v) is 8.35. The fourth-order valence-electron chi connectivity index (χ4n) is 7.57. The number of unbranched alkanes of at least 4 members (excludes halogenated alkanes) is 25. The van der Waals surface area contributed by atoms with Gasteiger partial charge < -0.3 is 24.2 Å². The lowest BCUT2D eigenvalue weighted by molar-refractivity contribution is -0.161. The van der Waals surface area contributed by atoms with Crippen LogP contribution in [0.15, 0.2) is 60.8 Å². The number of phosphoric ester groups is 1. The number of carbonyl (C=O) groups excluding carboxylic acids is 3.